The summed E-state index contributed by atoms with van der Waals surface area (Å²) in [5.74, 6) is 1.73. The molecule has 0 aliphatic carbocycles. The van der Waals surface area contributed by atoms with E-state index in [2.05, 4.69) is 26.6 Å². The molecule has 0 saturated carbocycles. The van der Waals surface area contributed by atoms with Crippen LogP contribution in [0.25, 0.3) is 12.2 Å². The van der Waals surface area contributed by atoms with Crippen LogP contribution in [0.2, 0.25) is 0 Å². The summed E-state index contributed by atoms with van der Waals surface area (Å²) < 4.78 is 5.58. The van der Waals surface area contributed by atoms with Crippen molar-refractivity contribution in [1.29, 1.82) is 0 Å². The topological polar surface area (TPSA) is 50.8 Å². The molecule has 0 aromatic carbocycles. The first kappa shape index (κ1) is 12.9. The van der Waals surface area contributed by atoms with Crippen LogP contribution >= 0.6 is 23.1 Å². The van der Waals surface area contributed by atoms with Gasteiger partial charge in [-0.05, 0) is 36.4 Å². The van der Waals surface area contributed by atoms with Crippen molar-refractivity contribution < 1.29 is 4.74 Å². The third-order valence-electron chi connectivity index (χ3n) is 2.85. The lowest BCUT2D eigenvalue weighted by Crippen LogP contribution is -2.07. The Morgan fingerprint density at radius 3 is 3.32 bits per heavy atom. The van der Waals surface area contributed by atoms with Gasteiger partial charge in [-0.15, -0.1) is 16.4 Å². The molecular weight excluding hydrogens is 278 g/mol. The monoisotopic (exact) mass is 293 g/mol. The van der Waals surface area contributed by atoms with Gasteiger partial charge < -0.3 is 4.74 Å². The predicted molar refractivity (Wildman–Crippen MR) is 79.3 cm³/mol. The minimum atomic E-state index is 0.369. The fourth-order valence-corrected chi connectivity index (χ4v) is 3.38. The Balaban J connectivity index is 1.53. The SMILES string of the molecule is C(=C\c1cccs1)/c1nc(SCC2CCCO2)n[nH]1. The molecule has 0 amide bonds. The third-order valence-corrected chi connectivity index (χ3v) is 4.67. The lowest BCUT2D eigenvalue weighted by atomic mass is 10.3. The smallest absolute Gasteiger partial charge is 0.208 e. The molecule has 2 aromatic heterocycles. The summed E-state index contributed by atoms with van der Waals surface area (Å²) in [6.45, 7) is 0.897. The van der Waals surface area contributed by atoms with Crippen LogP contribution < -0.4 is 0 Å². The Hall–Kier alpha value is -1.11. The van der Waals surface area contributed by atoms with Gasteiger partial charge in [0.1, 0.15) is 5.82 Å². The molecule has 19 heavy (non-hydrogen) atoms. The number of thiophene rings is 1. The van der Waals surface area contributed by atoms with Gasteiger partial charge in [-0.2, -0.15) is 0 Å². The summed E-state index contributed by atoms with van der Waals surface area (Å²) in [4.78, 5) is 5.64. The van der Waals surface area contributed by atoms with Gasteiger partial charge in [-0.3, -0.25) is 5.10 Å². The van der Waals surface area contributed by atoms with Crippen molar-refractivity contribution in [3.63, 3.8) is 0 Å². The van der Waals surface area contributed by atoms with E-state index >= 15 is 0 Å². The van der Waals surface area contributed by atoms with E-state index in [0.717, 1.165) is 29.8 Å². The lowest BCUT2D eigenvalue weighted by molar-refractivity contribution is 0.129. The highest BCUT2D eigenvalue weighted by Gasteiger charge is 2.16. The summed E-state index contributed by atoms with van der Waals surface area (Å²) >= 11 is 3.36. The standard InChI is InChI=1S/C13H15N3OS2/c1-3-10(17-7-1)9-19-13-14-12(15-16-13)6-5-11-4-2-8-18-11/h2,4-6,8,10H,1,3,7,9H2,(H,14,15,16)/b6-5+. The normalized spacial score (nSPS) is 19.5. The maximum absolute atomic E-state index is 5.58. The molecular formula is C13H15N3OS2. The molecule has 3 rings (SSSR count). The van der Waals surface area contributed by atoms with Crippen molar-refractivity contribution in [3.05, 3.63) is 28.2 Å². The van der Waals surface area contributed by atoms with Gasteiger partial charge in [-0.25, -0.2) is 4.98 Å². The predicted octanol–water partition coefficient (Wildman–Crippen LogP) is 3.31. The van der Waals surface area contributed by atoms with Crippen LogP contribution in [-0.2, 0) is 4.74 Å². The maximum Gasteiger partial charge on any atom is 0.208 e. The first-order chi connectivity index (χ1) is 9.40. The van der Waals surface area contributed by atoms with Crippen molar-refractivity contribution in [3.8, 4) is 0 Å². The Morgan fingerprint density at radius 2 is 2.53 bits per heavy atom. The minimum absolute atomic E-state index is 0.369. The molecule has 100 valence electrons. The first-order valence-corrected chi connectivity index (χ1v) is 8.15. The average Bonchev–Trinajstić information content (AvgIpc) is 3.16. The van der Waals surface area contributed by atoms with Crippen LogP contribution in [0.15, 0.2) is 22.7 Å². The zero-order valence-electron chi connectivity index (χ0n) is 10.4. The van der Waals surface area contributed by atoms with Gasteiger partial charge in [0.05, 0.1) is 6.10 Å². The third kappa shape index (κ3) is 3.68. The second kappa shape index (κ2) is 6.36. The number of thioether (sulfide) groups is 1. The van der Waals surface area contributed by atoms with Gasteiger partial charge in [0, 0.05) is 17.2 Å². The number of H-pyrrole nitrogens is 1. The molecule has 1 unspecified atom stereocenters. The van der Waals surface area contributed by atoms with E-state index in [1.807, 2.05) is 18.2 Å². The molecule has 0 bridgehead atoms. The van der Waals surface area contributed by atoms with Crippen LogP contribution in [0, 0.1) is 0 Å². The van der Waals surface area contributed by atoms with Crippen molar-refractivity contribution in [2.45, 2.75) is 24.1 Å². The van der Waals surface area contributed by atoms with Crippen LogP contribution in [-0.4, -0.2) is 33.6 Å². The van der Waals surface area contributed by atoms with Crippen molar-refractivity contribution >= 4 is 35.3 Å². The van der Waals surface area contributed by atoms with E-state index in [1.54, 1.807) is 23.1 Å². The summed E-state index contributed by atoms with van der Waals surface area (Å²) in [6, 6.07) is 4.11. The Labute approximate surface area is 120 Å². The fourth-order valence-electron chi connectivity index (χ4n) is 1.89. The van der Waals surface area contributed by atoms with E-state index in [0.29, 0.717) is 6.10 Å². The highest BCUT2D eigenvalue weighted by Crippen LogP contribution is 2.21. The lowest BCUT2D eigenvalue weighted by Gasteiger charge is -2.05. The van der Waals surface area contributed by atoms with E-state index in [9.17, 15) is 0 Å². The molecule has 2 aromatic rings. The summed E-state index contributed by atoms with van der Waals surface area (Å²) in [7, 11) is 0. The Kier molecular flexibility index (Phi) is 4.32. The van der Waals surface area contributed by atoms with Crippen LogP contribution in [0.3, 0.4) is 0 Å². The number of rotatable bonds is 5. The quantitative estimate of drug-likeness (QED) is 0.859. The fraction of sp³-hybridized carbons (Fsp3) is 0.385. The molecule has 1 atom stereocenters. The van der Waals surface area contributed by atoms with Crippen LogP contribution in [0.1, 0.15) is 23.5 Å². The number of hydrogen-bond donors (Lipinski definition) is 1. The number of nitrogens with one attached hydrogen (secondary N) is 1. The number of nitrogens with zero attached hydrogens (tertiary/aromatic N) is 2. The number of hydrogen-bond acceptors (Lipinski definition) is 5. The second-order valence-electron chi connectivity index (χ2n) is 4.30. The molecule has 1 saturated heterocycles. The molecule has 1 aliphatic heterocycles. The van der Waals surface area contributed by atoms with Crippen LogP contribution in [0.4, 0.5) is 0 Å². The molecule has 0 radical (unpaired) electrons. The molecule has 6 heteroatoms. The second-order valence-corrected chi connectivity index (χ2v) is 6.26. The van der Waals surface area contributed by atoms with E-state index in [1.165, 1.54) is 11.3 Å². The molecule has 4 nitrogen and oxygen atoms in total. The van der Waals surface area contributed by atoms with Gasteiger partial charge in [0.25, 0.3) is 0 Å². The molecule has 0 spiro atoms. The van der Waals surface area contributed by atoms with Gasteiger partial charge in [-0.1, -0.05) is 17.8 Å². The number of aromatic amines is 1. The highest BCUT2D eigenvalue weighted by molar-refractivity contribution is 7.99. The van der Waals surface area contributed by atoms with E-state index < -0.39 is 0 Å². The van der Waals surface area contributed by atoms with Crippen molar-refractivity contribution in [2.75, 3.05) is 12.4 Å². The summed E-state index contributed by atoms with van der Waals surface area (Å²) in [6.07, 6.45) is 6.69. The van der Waals surface area contributed by atoms with E-state index in [4.69, 9.17) is 4.74 Å². The van der Waals surface area contributed by atoms with Crippen molar-refractivity contribution in [1.82, 2.24) is 15.2 Å². The van der Waals surface area contributed by atoms with Gasteiger partial charge in [0.15, 0.2) is 0 Å². The van der Waals surface area contributed by atoms with Crippen LogP contribution in [0.5, 0.6) is 0 Å². The van der Waals surface area contributed by atoms with Gasteiger partial charge >= 0.3 is 0 Å². The number of aromatic nitrogens is 3. The average molecular weight is 293 g/mol. The molecule has 1 aliphatic rings. The molecule has 3 heterocycles. The van der Waals surface area contributed by atoms with Crippen molar-refractivity contribution in [2.24, 2.45) is 0 Å². The largest absolute Gasteiger partial charge is 0.377 e. The zero-order valence-corrected chi connectivity index (χ0v) is 12.0. The van der Waals surface area contributed by atoms with E-state index in [-0.39, 0.29) is 0 Å². The Morgan fingerprint density at radius 1 is 1.53 bits per heavy atom. The maximum atomic E-state index is 5.58. The number of ether oxygens (including phenoxy) is 1. The summed E-state index contributed by atoms with van der Waals surface area (Å²) in [5, 5.41) is 9.99. The zero-order chi connectivity index (χ0) is 12.9. The van der Waals surface area contributed by atoms with Gasteiger partial charge in [0.2, 0.25) is 5.16 Å². The Bertz CT molecular complexity index is 530. The highest BCUT2D eigenvalue weighted by atomic mass is 32.2. The molecule has 1 N–H and O–H groups in total. The molecule has 1 fully saturated rings. The first-order valence-electron chi connectivity index (χ1n) is 6.28. The summed E-state index contributed by atoms with van der Waals surface area (Å²) in [5.41, 5.74) is 0. The minimum Gasteiger partial charge on any atom is -0.377 e.